The predicted molar refractivity (Wildman–Crippen MR) is 149 cm³/mol. The van der Waals surface area contributed by atoms with Crippen LogP contribution < -0.4 is 16.2 Å². The van der Waals surface area contributed by atoms with E-state index in [-0.39, 0.29) is 10.5 Å². The highest BCUT2D eigenvalue weighted by Gasteiger charge is 2.29. The molecule has 1 aliphatic rings. The van der Waals surface area contributed by atoms with Gasteiger partial charge in [-0.2, -0.15) is 4.31 Å². The van der Waals surface area contributed by atoms with Gasteiger partial charge in [0.15, 0.2) is 0 Å². The zero-order chi connectivity index (χ0) is 27.9. The minimum absolute atomic E-state index is 0.133. The number of sulfonamides is 1. The summed E-state index contributed by atoms with van der Waals surface area (Å²) in [6.07, 6.45) is 3.08. The minimum Gasteiger partial charge on any atom is -0.313 e. The average Bonchev–Trinajstić information content (AvgIpc) is 3.24. The van der Waals surface area contributed by atoms with Gasteiger partial charge in [-0.1, -0.05) is 20.8 Å². The van der Waals surface area contributed by atoms with Gasteiger partial charge in [0.2, 0.25) is 15.9 Å². The van der Waals surface area contributed by atoms with E-state index in [9.17, 15) is 22.8 Å². The Morgan fingerprint density at radius 1 is 0.974 bits per heavy atom. The van der Waals surface area contributed by atoms with E-state index >= 15 is 0 Å². The second kappa shape index (κ2) is 13.3. The van der Waals surface area contributed by atoms with Gasteiger partial charge in [0.25, 0.3) is 11.8 Å². The zero-order valence-corrected chi connectivity index (χ0v) is 24.1. The summed E-state index contributed by atoms with van der Waals surface area (Å²) in [6.45, 7) is 10.6. The fourth-order valence-corrected chi connectivity index (χ4v) is 7.36. The molecule has 0 atom stereocenters. The summed E-state index contributed by atoms with van der Waals surface area (Å²) in [6, 6.07) is 5.84. The molecule has 38 heavy (non-hydrogen) atoms. The van der Waals surface area contributed by atoms with E-state index in [0.29, 0.717) is 49.5 Å². The highest BCUT2D eigenvalue weighted by atomic mass is 32.2. The molecule has 3 rings (SSSR count). The van der Waals surface area contributed by atoms with E-state index in [1.54, 1.807) is 0 Å². The van der Waals surface area contributed by atoms with Crippen LogP contribution in [0.25, 0.3) is 0 Å². The number of fused-ring (bicyclic) bond motifs is 1. The van der Waals surface area contributed by atoms with Gasteiger partial charge in [0.1, 0.15) is 5.00 Å². The third kappa shape index (κ3) is 6.99. The highest BCUT2D eigenvalue weighted by molar-refractivity contribution is 7.89. The van der Waals surface area contributed by atoms with E-state index in [2.05, 4.69) is 28.0 Å². The maximum atomic E-state index is 13.2. The molecule has 0 fully saturated rings. The third-order valence-electron chi connectivity index (χ3n) is 6.18. The van der Waals surface area contributed by atoms with Gasteiger partial charge in [-0.05, 0) is 62.1 Å². The number of hydrogen-bond acceptors (Lipinski definition) is 7. The first kappa shape index (κ1) is 29.8. The Bertz CT molecular complexity index is 1250. The van der Waals surface area contributed by atoms with Crippen LogP contribution >= 0.6 is 11.3 Å². The van der Waals surface area contributed by atoms with Gasteiger partial charge in [-0.3, -0.25) is 30.1 Å². The van der Waals surface area contributed by atoms with Crippen LogP contribution in [0.5, 0.6) is 0 Å². The van der Waals surface area contributed by atoms with Crippen LogP contribution in [-0.2, 0) is 27.8 Å². The predicted octanol–water partition coefficient (Wildman–Crippen LogP) is 3.36. The number of carbonyl (C=O) groups excluding carboxylic acids is 3. The van der Waals surface area contributed by atoms with Crippen molar-refractivity contribution in [3.8, 4) is 0 Å². The summed E-state index contributed by atoms with van der Waals surface area (Å²) in [4.78, 5) is 40.9. The van der Waals surface area contributed by atoms with Crippen molar-refractivity contribution in [2.45, 2.75) is 64.8 Å². The maximum absolute atomic E-state index is 13.2. The fraction of sp³-hybridized carbons (Fsp3) is 0.500. The molecule has 0 bridgehead atoms. The lowest BCUT2D eigenvalue weighted by Crippen LogP contribution is -2.41. The van der Waals surface area contributed by atoms with E-state index < -0.39 is 27.7 Å². The first-order valence-electron chi connectivity index (χ1n) is 13.0. The van der Waals surface area contributed by atoms with Crippen LogP contribution in [0.3, 0.4) is 0 Å². The summed E-state index contributed by atoms with van der Waals surface area (Å²) in [5.41, 5.74) is 6.21. The first-order valence-corrected chi connectivity index (χ1v) is 15.2. The number of benzene rings is 1. The molecule has 2 heterocycles. The number of hydrogen-bond donors (Lipinski definition) is 3. The van der Waals surface area contributed by atoms with Crippen molar-refractivity contribution >= 4 is 44.1 Å². The van der Waals surface area contributed by atoms with E-state index in [0.717, 1.165) is 30.0 Å². The lowest BCUT2D eigenvalue weighted by Gasteiger charge is -2.26. The largest absolute Gasteiger partial charge is 0.313 e. The van der Waals surface area contributed by atoms with Crippen molar-refractivity contribution in [3.63, 3.8) is 0 Å². The second-order valence-electron chi connectivity index (χ2n) is 9.25. The molecule has 0 unspecified atom stereocenters. The summed E-state index contributed by atoms with van der Waals surface area (Å²) >= 11 is 1.35. The van der Waals surface area contributed by atoms with Gasteiger partial charge in [-0.25, -0.2) is 8.42 Å². The van der Waals surface area contributed by atoms with Crippen LogP contribution in [0.4, 0.5) is 5.00 Å². The Hall–Kier alpha value is -2.80. The normalized spacial score (nSPS) is 13.7. The standard InChI is InChI=1S/C26H37N5O5S2/c1-5-13-30-16-12-21-22(17-30)37-26(23(21)25(34)29-28-18(4)32)27-24(33)19-8-10-20(11-9-19)38(35,36)31(14-6-2)15-7-3/h8-11H,5-7,12-17H2,1-4H3,(H,27,33)(H,28,32)(H,29,34). The molecule has 2 aromatic rings. The molecule has 1 aromatic heterocycles. The number of rotatable bonds is 11. The quantitative estimate of drug-likeness (QED) is 0.360. The van der Waals surface area contributed by atoms with Crippen molar-refractivity contribution in [3.05, 3.63) is 45.8 Å². The number of hydrazine groups is 1. The van der Waals surface area contributed by atoms with E-state index in [4.69, 9.17) is 0 Å². The molecular weight excluding hydrogens is 526 g/mol. The molecule has 0 aliphatic carbocycles. The Morgan fingerprint density at radius 2 is 1.63 bits per heavy atom. The van der Waals surface area contributed by atoms with Gasteiger partial charge < -0.3 is 5.32 Å². The molecule has 0 saturated heterocycles. The summed E-state index contributed by atoms with van der Waals surface area (Å²) in [5, 5.41) is 3.25. The van der Waals surface area contributed by atoms with E-state index in [1.807, 2.05) is 13.8 Å². The molecule has 0 radical (unpaired) electrons. The Labute approximate surface area is 228 Å². The number of anilines is 1. The third-order valence-corrected chi connectivity index (χ3v) is 9.23. The molecule has 0 spiro atoms. The zero-order valence-electron chi connectivity index (χ0n) is 22.4. The first-order chi connectivity index (χ1) is 18.1. The lowest BCUT2D eigenvalue weighted by atomic mass is 10.0. The van der Waals surface area contributed by atoms with E-state index in [1.165, 1.54) is 46.8 Å². The van der Waals surface area contributed by atoms with Gasteiger partial charge in [-0.15, -0.1) is 11.3 Å². The lowest BCUT2D eigenvalue weighted by molar-refractivity contribution is -0.119. The van der Waals surface area contributed by atoms with Crippen molar-refractivity contribution < 1.29 is 22.8 Å². The van der Waals surface area contributed by atoms with Crippen molar-refractivity contribution in [2.24, 2.45) is 0 Å². The number of amides is 3. The molecule has 208 valence electrons. The number of thiophene rings is 1. The average molecular weight is 564 g/mol. The van der Waals surface area contributed by atoms with Gasteiger partial charge in [0.05, 0.1) is 10.5 Å². The summed E-state index contributed by atoms with van der Waals surface area (Å²) < 4.78 is 27.6. The van der Waals surface area contributed by atoms with Crippen LogP contribution in [0, 0.1) is 0 Å². The molecule has 1 aromatic carbocycles. The van der Waals surface area contributed by atoms with Crippen LogP contribution in [0.2, 0.25) is 0 Å². The minimum atomic E-state index is -3.66. The molecule has 12 heteroatoms. The Kier molecular flexibility index (Phi) is 10.4. The Morgan fingerprint density at radius 3 is 2.21 bits per heavy atom. The smallest absolute Gasteiger partial charge is 0.272 e. The molecule has 3 amide bonds. The number of nitrogens with zero attached hydrogens (tertiary/aromatic N) is 2. The number of nitrogens with one attached hydrogen (secondary N) is 3. The molecule has 10 nitrogen and oxygen atoms in total. The Balaban J connectivity index is 1.86. The summed E-state index contributed by atoms with van der Waals surface area (Å²) in [5.74, 6) is -1.36. The van der Waals surface area contributed by atoms with Crippen LogP contribution in [-0.4, -0.2) is 61.5 Å². The summed E-state index contributed by atoms with van der Waals surface area (Å²) in [7, 11) is -3.66. The topological polar surface area (TPSA) is 128 Å². The highest BCUT2D eigenvalue weighted by Crippen LogP contribution is 2.37. The van der Waals surface area contributed by atoms with Gasteiger partial charge >= 0.3 is 0 Å². The molecule has 1 aliphatic heterocycles. The number of carbonyl (C=O) groups is 3. The monoisotopic (exact) mass is 563 g/mol. The fourth-order valence-electron chi connectivity index (χ4n) is 4.45. The maximum Gasteiger partial charge on any atom is 0.272 e. The molecule has 0 saturated carbocycles. The van der Waals surface area contributed by atoms with Crippen LogP contribution in [0.1, 0.15) is 78.1 Å². The van der Waals surface area contributed by atoms with Crippen molar-refractivity contribution in [2.75, 3.05) is 31.5 Å². The molecular formula is C26H37N5O5S2. The SMILES string of the molecule is CCCN1CCc2c(sc(NC(=O)c3ccc(S(=O)(=O)N(CCC)CCC)cc3)c2C(=O)NNC(C)=O)C1. The van der Waals surface area contributed by atoms with Crippen molar-refractivity contribution in [1.82, 2.24) is 20.1 Å². The van der Waals surface area contributed by atoms with Crippen molar-refractivity contribution in [1.29, 1.82) is 0 Å². The molecule has 3 N–H and O–H groups in total. The second-order valence-corrected chi connectivity index (χ2v) is 12.3. The van der Waals surface area contributed by atoms with Gasteiger partial charge in [0, 0.05) is 43.5 Å². The van der Waals surface area contributed by atoms with Crippen LogP contribution in [0.15, 0.2) is 29.2 Å².